The van der Waals surface area contributed by atoms with Gasteiger partial charge in [0.25, 0.3) is 5.56 Å². The predicted molar refractivity (Wildman–Crippen MR) is 115 cm³/mol. The summed E-state index contributed by atoms with van der Waals surface area (Å²) in [6.07, 6.45) is 1.42. The van der Waals surface area contributed by atoms with E-state index in [0.29, 0.717) is 35.6 Å². The summed E-state index contributed by atoms with van der Waals surface area (Å²) >= 11 is 1.29. The average Bonchev–Trinajstić information content (AvgIpc) is 2.72. The molecule has 0 spiro atoms. The van der Waals surface area contributed by atoms with Gasteiger partial charge in [-0.2, -0.15) is 0 Å². The van der Waals surface area contributed by atoms with Crippen molar-refractivity contribution in [3.63, 3.8) is 0 Å². The number of hydrogen-bond donors (Lipinski definition) is 1. The molecule has 152 valence electrons. The Morgan fingerprint density at radius 3 is 2.66 bits per heavy atom. The summed E-state index contributed by atoms with van der Waals surface area (Å²) in [6, 6.07) is 13.5. The SMILES string of the molecule is CCCn1c(S[C@@H](C)C(=O)NCCc2ccc(F)cc2)nc2ccccc2c1=O. The zero-order chi connectivity index (χ0) is 20.8. The van der Waals surface area contributed by atoms with E-state index >= 15 is 0 Å². The largest absolute Gasteiger partial charge is 0.355 e. The van der Waals surface area contributed by atoms with Crippen molar-refractivity contribution in [2.75, 3.05) is 6.54 Å². The highest BCUT2D eigenvalue weighted by Crippen LogP contribution is 2.23. The lowest BCUT2D eigenvalue weighted by atomic mass is 10.1. The number of nitrogens with zero attached hydrogens (tertiary/aromatic N) is 2. The van der Waals surface area contributed by atoms with Gasteiger partial charge in [0.15, 0.2) is 5.16 Å². The van der Waals surface area contributed by atoms with Crippen molar-refractivity contribution >= 4 is 28.6 Å². The van der Waals surface area contributed by atoms with Crippen molar-refractivity contribution in [2.45, 2.75) is 43.6 Å². The van der Waals surface area contributed by atoms with Gasteiger partial charge < -0.3 is 5.32 Å². The summed E-state index contributed by atoms with van der Waals surface area (Å²) in [5, 5.41) is 3.63. The monoisotopic (exact) mass is 413 g/mol. The van der Waals surface area contributed by atoms with Gasteiger partial charge >= 0.3 is 0 Å². The number of thioether (sulfide) groups is 1. The van der Waals surface area contributed by atoms with Gasteiger partial charge in [0, 0.05) is 13.1 Å². The number of nitrogens with one attached hydrogen (secondary N) is 1. The van der Waals surface area contributed by atoms with Crippen molar-refractivity contribution in [2.24, 2.45) is 0 Å². The summed E-state index contributed by atoms with van der Waals surface area (Å²) < 4.78 is 14.6. The Morgan fingerprint density at radius 1 is 1.21 bits per heavy atom. The van der Waals surface area contributed by atoms with Gasteiger partial charge in [-0.25, -0.2) is 9.37 Å². The minimum Gasteiger partial charge on any atom is -0.355 e. The van der Waals surface area contributed by atoms with Gasteiger partial charge in [-0.3, -0.25) is 14.2 Å². The highest BCUT2D eigenvalue weighted by atomic mass is 32.2. The molecular weight excluding hydrogens is 389 g/mol. The molecule has 0 fully saturated rings. The first kappa shape index (κ1) is 21.0. The number of aromatic nitrogens is 2. The topological polar surface area (TPSA) is 64.0 Å². The summed E-state index contributed by atoms with van der Waals surface area (Å²) in [6.45, 7) is 4.82. The van der Waals surface area contributed by atoms with E-state index < -0.39 is 5.25 Å². The molecule has 0 saturated heterocycles. The molecule has 29 heavy (non-hydrogen) atoms. The fourth-order valence-electron chi connectivity index (χ4n) is 2.99. The summed E-state index contributed by atoms with van der Waals surface area (Å²) in [7, 11) is 0. The number of para-hydroxylation sites is 1. The molecule has 1 atom stereocenters. The number of rotatable bonds is 8. The minimum absolute atomic E-state index is 0.0798. The van der Waals surface area contributed by atoms with E-state index in [0.717, 1.165) is 12.0 Å². The Balaban J connectivity index is 1.68. The van der Waals surface area contributed by atoms with Gasteiger partial charge in [-0.1, -0.05) is 43.0 Å². The fraction of sp³-hybridized carbons (Fsp3) is 0.318. The highest BCUT2D eigenvalue weighted by Gasteiger charge is 2.19. The number of carbonyl (C=O) groups is 1. The molecule has 5 nitrogen and oxygen atoms in total. The van der Waals surface area contributed by atoms with Crippen LogP contribution in [0.5, 0.6) is 0 Å². The molecule has 2 aromatic carbocycles. The molecular formula is C22H24FN3O2S. The predicted octanol–water partition coefficient (Wildman–Crippen LogP) is 3.79. The maximum Gasteiger partial charge on any atom is 0.262 e. The van der Waals surface area contributed by atoms with E-state index in [-0.39, 0.29) is 17.3 Å². The first-order chi connectivity index (χ1) is 14.0. The Bertz CT molecular complexity index is 1050. The first-order valence-corrected chi connectivity index (χ1v) is 10.6. The molecule has 1 amide bonds. The molecule has 0 aliphatic heterocycles. The standard InChI is InChI=1S/C22H24FN3O2S/c1-3-14-26-21(28)18-6-4-5-7-19(18)25-22(26)29-15(2)20(27)24-13-12-16-8-10-17(23)11-9-16/h4-11,15H,3,12-14H2,1-2H3,(H,24,27)/t15-/m0/s1. The fourth-order valence-corrected chi connectivity index (χ4v) is 3.95. The molecule has 0 unspecified atom stereocenters. The van der Waals surface area contributed by atoms with Crippen LogP contribution in [0.4, 0.5) is 4.39 Å². The number of fused-ring (bicyclic) bond motifs is 1. The van der Waals surface area contributed by atoms with Crippen LogP contribution in [0.1, 0.15) is 25.8 Å². The zero-order valence-electron chi connectivity index (χ0n) is 16.5. The normalized spacial score (nSPS) is 12.1. The molecule has 7 heteroatoms. The van der Waals surface area contributed by atoms with E-state index in [9.17, 15) is 14.0 Å². The molecule has 0 aliphatic carbocycles. The number of benzene rings is 2. The van der Waals surface area contributed by atoms with Crippen molar-refractivity contribution in [1.29, 1.82) is 0 Å². The second kappa shape index (κ2) is 9.69. The Kier molecular flexibility index (Phi) is 7.04. The first-order valence-electron chi connectivity index (χ1n) is 9.68. The van der Waals surface area contributed by atoms with Gasteiger partial charge in [0.05, 0.1) is 16.2 Å². The maximum absolute atomic E-state index is 13.0. The van der Waals surface area contributed by atoms with Crippen molar-refractivity contribution < 1.29 is 9.18 Å². The Morgan fingerprint density at radius 2 is 1.93 bits per heavy atom. The lowest BCUT2D eigenvalue weighted by Gasteiger charge is -2.16. The van der Waals surface area contributed by atoms with Crippen LogP contribution in [-0.4, -0.2) is 27.3 Å². The molecule has 3 aromatic rings. The van der Waals surface area contributed by atoms with E-state index in [1.807, 2.05) is 25.1 Å². The molecule has 1 aromatic heterocycles. The number of carbonyl (C=O) groups excluding carboxylic acids is 1. The Labute approximate surface area is 173 Å². The summed E-state index contributed by atoms with van der Waals surface area (Å²) in [4.78, 5) is 30.0. The van der Waals surface area contributed by atoms with Crippen LogP contribution in [0, 0.1) is 5.82 Å². The summed E-state index contributed by atoms with van der Waals surface area (Å²) in [5.41, 5.74) is 1.51. The minimum atomic E-state index is -0.403. The van der Waals surface area contributed by atoms with Crippen LogP contribution in [0.25, 0.3) is 10.9 Å². The van der Waals surface area contributed by atoms with E-state index in [1.165, 1.54) is 23.9 Å². The summed E-state index contributed by atoms with van der Waals surface area (Å²) in [5.74, 6) is -0.397. The molecule has 1 N–H and O–H groups in total. The van der Waals surface area contributed by atoms with Crippen molar-refractivity contribution in [1.82, 2.24) is 14.9 Å². The smallest absolute Gasteiger partial charge is 0.262 e. The Hall–Kier alpha value is -2.67. The van der Waals surface area contributed by atoms with Gasteiger partial charge in [-0.15, -0.1) is 0 Å². The van der Waals surface area contributed by atoms with Gasteiger partial charge in [-0.05, 0) is 49.6 Å². The van der Waals surface area contributed by atoms with Crippen LogP contribution >= 0.6 is 11.8 Å². The van der Waals surface area contributed by atoms with Gasteiger partial charge in [0.1, 0.15) is 5.82 Å². The zero-order valence-corrected chi connectivity index (χ0v) is 17.3. The van der Waals surface area contributed by atoms with E-state index in [1.54, 1.807) is 29.7 Å². The van der Waals surface area contributed by atoms with Crippen LogP contribution < -0.4 is 10.9 Å². The third-order valence-electron chi connectivity index (χ3n) is 4.55. The van der Waals surface area contributed by atoms with Gasteiger partial charge in [0.2, 0.25) is 5.91 Å². The van der Waals surface area contributed by atoms with E-state index in [4.69, 9.17) is 0 Å². The second-order valence-electron chi connectivity index (χ2n) is 6.80. The van der Waals surface area contributed by atoms with Crippen LogP contribution in [0.3, 0.4) is 0 Å². The maximum atomic E-state index is 13.0. The number of halogens is 1. The molecule has 0 radical (unpaired) electrons. The molecule has 1 heterocycles. The van der Waals surface area contributed by atoms with Crippen molar-refractivity contribution in [3.05, 3.63) is 70.3 Å². The van der Waals surface area contributed by atoms with Crippen LogP contribution in [0.15, 0.2) is 58.5 Å². The lowest BCUT2D eigenvalue weighted by molar-refractivity contribution is -0.120. The molecule has 3 rings (SSSR count). The third-order valence-corrected chi connectivity index (χ3v) is 5.64. The van der Waals surface area contributed by atoms with E-state index in [2.05, 4.69) is 10.3 Å². The number of hydrogen-bond acceptors (Lipinski definition) is 4. The van der Waals surface area contributed by atoms with Crippen LogP contribution in [-0.2, 0) is 17.8 Å². The lowest BCUT2D eigenvalue weighted by Crippen LogP contribution is -2.33. The quantitative estimate of drug-likeness (QED) is 0.451. The van der Waals surface area contributed by atoms with Crippen LogP contribution in [0.2, 0.25) is 0 Å². The molecule has 0 aliphatic rings. The second-order valence-corrected chi connectivity index (χ2v) is 8.10. The third kappa shape index (κ3) is 5.23. The highest BCUT2D eigenvalue weighted by molar-refractivity contribution is 8.00. The molecule has 0 saturated carbocycles. The van der Waals surface area contributed by atoms with Crippen molar-refractivity contribution in [3.8, 4) is 0 Å². The average molecular weight is 414 g/mol. The number of amides is 1. The molecule has 0 bridgehead atoms.